The minimum Gasteiger partial charge on any atom is -0.309 e. The van der Waals surface area contributed by atoms with Crippen LogP contribution in [0.2, 0.25) is 5.02 Å². The van der Waals surface area contributed by atoms with Crippen LogP contribution in [0.1, 0.15) is 28.3 Å². The number of hydrogen-bond acceptors (Lipinski definition) is 1. The third kappa shape index (κ3) is 2.92. The lowest BCUT2D eigenvalue weighted by Crippen LogP contribution is -2.17. The highest BCUT2D eigenvalue weighted by Crippen LogP contribution is 2.25. The summed E-state index contributed by atoms with van der Waals surface area (Å²) in [4.78, 5) is 0. The maximum atomic E-state index is 6.14. The van der Waals surface area contributed by atoms with E-state index in [4.69, 9.17) is 11.6 Å². The molecule has 1 nitrogen and oxygen atoms in total. The van der Waals surface area contributed by atoms with E-state index in [0.29, 0.717) is 0 Å². The van der Waals surface area contributed by atoms with Gasteiger partial charge in [0, 0.05) is 5.02 Å². The van der Waals surface area contributed by atoms with Crippen molar-refractivity contribution in [1.29, 1.82) is 0 Å². The third-order valence-corrected chi connectivity index (χ3v) is 3.32. The summed E-state index contributed by atoms with van der Waals surface area (Å²) >= 11 is 6.14. The molecular weight excluding hydrogens is 242 g/mol. The minimum absolute atomic E-state index is 0.183. The van der Waals surface area contributed by atoms with Gasteiger partial charge in [-0.2, -0.15) is 0 Å². The maximum Gasteiger partial charge on any atom is 0.0574 e. The van der Waals surface area contributed by atoms with E-state index < -0.39 is 0 Å². The molecule has 2 aromatic carbocycles. The molecule has 2 rings (SSSR count). The first kappa shape index (κ1) is 13.1. The molecule has 0 radical (unpaired) electrons. The van der Waals surface area contributed by atoms with Crippen molar-refractivity contribution >= 4 is 11.6 Å². The van der Waals surface area contributed by atoms with E-state index in [2.05, 4.69) is 49.5 Å². The second kappa shape index (κ2) is 5.55. The molecule has 18 heavy (non-hydrogen) atoms. The van der Waals surface area contributed by atoms with E-state index in [1.807, 2.05) is 19.2 Å². The van der Waals surface area contributed by atoms with Gasteiger partial charge in [0.15, 0.2) is 0 Å². The van der Waals surface area contributed by atoms with Crippen molar-refractivity contribution in [3.8, 4) is 0 Å². The zero-order valence-corrected chi connectivity index (χ0v) is 11.8. The molecule has 1 unspecified atom stereocenters. The van der Waals surface area contributed by atoms with Crippen LogP contribution >= 0.6 is 11.6 Å². The first-order chi connectivity index (χ1) is 8.60. The number of nitrogens with one attached hydrogen (secondary N) is 1. The molecule has 2 heteroatoms. The fourth-order valence-electron chi connectivity index (χ4n) is 2.22. The van der Waals surface area contributed by atoms with Gasteiger partial charge in [0.05, 0.1) is 6.04 Å². The lowest BCUT2D eigenvalue weighted by molar-refractivity contribution is 0.691. The van der Waals surface area contributed by atoms with Crippen molar-refractivity contribution in [3.63, 3.8) is 0 Å². The van der Waals surface area contributed by atoms with Crippen molar-refractivity contribution in [2.45, 2.75) is 19.9 Å². The monoisotopic (exact) mass is 259 g/mol. The summed E-state index contributed by atoms with van der Waals surface area (Å²) in [5.74, 6) is 0. The van der Waals surface area contributed by atoms with Crippen LogP contribution in [0.5, 0.6) is 0 Å². The van der Waals surface area contributed by atoms with Gasteiger partial charge in [0.25, 0.3) is 0 Å². The summed E-state index contributed by atoms with van der Waals surface area (Å²) in [7, 11) is 1.97. The van der Waals surface area contributed by atoms with E-state index in [0.717, 1.165) is 5.02 Å². The predicted octanol–water partition coefficient (Wildman–Crippen LogP) is 4.27. The van der Waals surface area contributed by atoms with Crippen molar-refractivity contribution in [3.05, 3.63) is 69.7 Å². The van der Waals surface area contributed by atoms with Gasteiger partial charge in [-0.05, 0) is 49.7 Å². The van der Waals surface area contributed by atoms with Crippen LogP contribution < -0.4 is 5.32 Å². The van der Waals surface area contributed by atoms with E-state index in [9.17, 15) is 0 Å². The van der Waals surface area contributed by atoms with Crippen molar-refractivity contribution in [2.24, 2.45) is 0 Å². The fraction of sp³-hybridized carbons (Fsp3) is 0.250. The van der Waals surface area contributed by atoms with Gasteiger partial charge >= 0.3 is 0 Å². The Morgan fingerprint density at radius 2 is 1.56 bits per heavy atom. The normalized spacial score (nSPS) is 12.4. The van der Waals surface area contributed by atoms with Crippen molar-refractivity contribution < 1.29 is 0 Å². The van der Waals surface area contributed by atoms with E-state index in [-0.39, 0.29) is 6.04 Å². The smallest absolute Gasteiger partial charge is 0.0574 e. The molecule has 0 aromatic heterocycles. The maximum absolute atomic E-state index is 6.14. The van der Waals surface area contributed by atoms with Crippen LogP contribution in [0.25, 0.3) is 0 Å². The molecule has 0 spiro atoms. The molecule has 0 aliphatic rings. The quantitative estimate of drug-likeness (QED) is 0.868. The molecule has 1 N–H and O–H groups in total. The number of aryl methyl sites for hydroxylation is 2. The van der Waals surface area contributed by atoms with Crippen LogP contribution in [0.15, 0.2) is 42.5 Å². The Kier molecular flexibility index (Phi) is 4.05. The zero-order chi connectivity index (χ0) is 13.1. The van der Waals surface area contributed by atoms with Crippen LogP contribution in [0, 0.1) is 13.8 Å². The molecule has 2 aromatic rings. The summed E-state index contributed by atoms with van der Waals surface area (Å²) < 4.78 is 0. The van der Waals surface area contributed by atoms with Crippen molar-refractivity contribution in [2.75, 3.05) is 7.05 Å². The largest absolute Gasteiger partial charge is 0.309 e. The van der Waals surface area contributed by atoms with Crippen LogP contribution in [-0.2, 0) is 0 Å². The van der Waals surface area contributed by atoms with Gasteiger partial charge in [-0.15, -0.1) is 0 Å². The summed E-state index contributed by atoms with van der Waals surface area (Å²) in [5.41, 5.74) is 4.91. The Labute approximate surface area is 114 Å². The Bertz CT molecular complexity index is 511. The molecule has 0 amide bonds. The first-order valence-electron chi connectivity index (χ1n) is 6.11. The molecule has 0 heterocycles. The van der Waals surface area contributed by atoms with E-state index in [1.54, 1.807) is 0 Å². The molecular formula is C16H18ClN. The van der Waals surface area contributed by atoms with Gasteiger partial charge in [0.2, 0.25) is 0 Å². The third-order valence-electron chi connectivity index (χ3n) is 3.10. The highest BCUT2D eigenvalue weighted by atomic mass is 35.5. The number of benzene rings is 2. The van der Waals surface area contributed by atoms with Crippen molar-refractivity contribution in [1.82, 2.24) is 5.32 Å². The summed E-state index contributed by atoms with van der Waals surface area (Å²) in [6, 6.07) is 15.0. The molecule has 1 atom stereocenters. The lowest BCUT2D eigenvalue weighted by atomic mass is 9.97. The Morgan fingerprint density at radius 1 is 0.889 bits per heavy atom. The van der Waals surface area contributed by atoms with Gasteiger partial charge in [0.1, 0.15) is 0 Å². The van der Waals surface area contributed by atoms with Crippen LogP contribution in [0.3, 0.4) is 0 Å². The molecule has 0 saturated carbocycles. The Balaban J connectivity index is 2.41. The highest BCUT2D eigenvalue weighted by Gasteiger charge is 2.12. The number of halogens is 1. The fourth-order valence-corrected chi connectivity index (χ4v) is 2.51. The topological polar surface area (TPSA) is 12.0 Å². The molecule has 0 aliphatic carbocycles. The van der Waals surface area contributed by atoms with Crippen LogP contribution in [-0.4, -0.2) is 7.05 Å². The molecule has 0 aliphatic heterocycles. The minimum atomic E-state index is 0.183. The SMILES string of the molecule is CNC(c1ccc(C)cc1)c1cc(C)cc(Cl)c1. The van der Waals surface area contributed by atoms with E-state index >= 15 is 0 Å². The summed E-state index contributed by atoms with van der Waals surface area (Å²) in [5, 5.41) is 4.14. The Morgan fingerprint density at radius 3 is 2.11 bits per heavy atom. The average Bonchev–Trinajstić information content (AvgIpc) is 2.31. The van der Waals surface area contributed by atoms with Gasteiger partial charge in [-0.3, -0.25) is 0 Å². The molecule has 0 saturated heterocycles. The Hall–Kier alpha value is -1.31. The molecule has 0 bridgehead atoms. The second-order valence-electron chi connectivity index (χ2n) is 4.69. The number of hydrogen-bond donors (Lipinski definition) is 1. The average molecular weight is 260 g/mol. The zero-order valence-electron chi connectivity index (χ0n) is 11.0. The second-order valence-corrected chi connectivity index (χ2v) is 5.13. The van der Waals surface area contributed by atoms with Gasteiger partial charge < -0.3 is 5.32 Å². The highest BCUT2D eigenvalue weighted by molar-refractivity contribution is 6.30. The summed E-state index contributed by atoms with van der Waals surface area (Å²) in [6.07, 6.45) is 0. The number of rotatable bonds is 3. The predicted molar refractivity (Wildman–Crippen MR) is 78.3 cm³/mol. The summed E-state index contributed by atoms with van der Waals surface area (Å²) in [6.45, 7) is 4.17. The van der Waals surface area contributed by atoms with Gasteiger partial charge in [-0.25, -0.2) is 0 Å². The first-order valence-corrected chi connectivity index (χ1v) is 6.49. The molecule has 94 valence electrons. The standard InChI is InChI=1S/C16H18ClN/c1-11-4-6-13(7-5-11)16(18-3)14-8-12(2)9-15(17)10-14/h4-10,16,18H,1-3H3. The van der Waals surface area contributed by atoms with E-state index in [1.165, 1.54) is 22.3 Å². The van der Waals surface area contributed by atoms with Crippen LogP contribution in [0.4, 0.5) is 0 Å². The molecule has 0 fully saturated rings. The lowest BCUT2D eigenvalue weighted by Gasteiger charge is -2.18. The van der Waals surface area contributed by atoms with Gasteiger partial charge in [-0.1, -0.05) is 47.5 Å².